The summed E-state index contributed by atoms with van der Waals surface area (Å²) in [5.74, 6) is 1.19. The maximum atomic E-state index is 13.5. The highest BCUT2D eigenvalue weighted by Crippen LogP contribution is 2.51. The summed E-state index contributed by atoms with van der Waals surface area (Å²) in [4.78, 5) is 1.96. The van der Waals surface area contributed by atoms with Crippen molar-refractivity contribution in [3.05, 3.63) is 35.4 Å². The normalized spacial score (nSPS) is 17.1. The van der Waals surface area contributed by atoms with E-state index in [4.69, 9.17) is 9.05 Å². The van der Waals surface area contributed by atoms with Crippen LogP contribution in [0.1, 0.15) is 19.4 Å². The number of benzene rings is 1. The van der Waals surface area contributed by atoms with Gasteiger partial charge in [0.1, 0.15) is 5.82 Å². The lowest BCUT2D eigenvalue weighted by atomic mass is 10.1. The minimum atomic E-state index is -3.33. The zero-order chi connectivity index (χ0) is 16.2. The summed E-state index contributed by atoms with van der Waals surface area (Å²) < 4.78 is 36.9. The number of hydrogen-bond donors (Lipinski definition) is 1. The van der Waals surface area contributed by atoms with Crippen LogP contribution in [0.2, 0.25) is 0 Å². The molecule has 0 aliphatic carbocycles. The van der Waals surface area contributed by atoms with E-state index in [2.05, 4.69) is 5.32 Å². The monoisotopic (exact) mass is 328 g/mol. The van der Waals surface area contributed by atoms with E-state index in [-0.39, 0.29) is 19.0 Å². The number of anilines is 1. The molecule has 0 saturated heterocycles. The first-order valence-corrected chi connectivity index (χ1v) is 8.97. The quantitative estimate of drug-likeness (QED) is 0.839. The number of nitrogens with zero attached hydrogens (tertiary/aromatic N) is 1. The smallest absolute Gasteiger partial charge is 0.356 e. The van der Waals surface area contributed by atoms with Crippen LogP contribution in [-0.2, 0) is 13.6 Å². The van der Waals surface area contributed by atoms with Crippen LogP contribution in [0.25, 0.3) is 5.70 Å². The molecule has 2 rings (SSSR count). The predicted octanol–water partition coefficient (Wildman–Crippen LogP) is 3.43. The molecular weight excluding hydrogens is 306 g/mol. The van der Waals surface area contributed by atoms with Gasteiger partial charge in [-0.05, 0) is 32.0 Å². The van der Waals surface area contributed by atoms with Crippen molar-refractivity contribution in [2.24, 2.45) is 0 Å². The third-order valence-electron chi connectivity index (χ3n) is 3.33. The summed E-state index contributed by atoms with van der Waals surface area (Å²) in [5.41, 5.74) is 2.17. The summed E-state index contributed by atoms with van der Waals surface area (Å²) in [7, 11) is -1.43. The van der Waals surface area contributed by atoms with Gasteiger partial charge in [-0.2, -0.15) is 0 Å². The van der Waals surface area contributed by atoms with E-state index in [1.54, 1.807) is 19.9 Å². The zero-order valence-corrected chi connectivity index (χ0v) is 14.0. The molecule has 0 saturated carbocycles. The molecule has 0 amide bonds. The lowest BCUT2D eigenvalue weighted by Gasteiger charge is -2.19. The summed E-state index contributed by atoms with van der Waals surface area (Å²) in [6, 6.07) is 4.54. The molecule has 1 aliphatic rings. The van der Waals surface area contributed by atoms with Crippen molar-refractivity contribution in [1.29, 1.82) is 0 Å². The summed E-state index contributed by atoms with van der Waals surface area (Å²) >= 11 is 0. The highest BCUT2D eigenvalue weighted by Gasteiger charge is 2.24. The van der Waals surface area contributed by atoms with Crippen LogP contribution >= 0.6 is 7.60 Å². The second kappa shape index (κ2) is 7.27. The van der Waals surface area contributed by atoms with E-state index in [0.717, 1.165) is 11.3 Å². The van der Waals surface area contributed by atoms with Gasteiger partial charge in [0.25, 0.3) is 0 Å². The number of rotatable bonds is 5. The Kier molecular flexibility index (Phi) is 5.62. The third-order valence-corrected chi connectivity index (χ3v) is 5.14. The van der Waals surface area contributed by atoms with Gasteiger partial charge in [0, 0.05) is 31.4 Å². The van der Waals surface area contributed by atoms with Crippen molar-refractivity contribution in [2.75, 3.05) is 38.3 Å². The highest BCUT2D eigenvalue weighted by molar-refractivity contribution is 7.57. The van der Waals surface area contributed by atoms with Gasteiger partial charge in [-0.3, -0.25) is 4.57 Å². The summed E-state index contributed by atoms with van der Waals surface area (Å²) in [5, 5.41) is 3.22. The molecule has 0 unspecified atom stereocenters. The lowest BCUT2D eigenvalue weighted by molar-refractivity contribution is 0.229. The van der Waals surface area contributed by atoms with E-state index in [1.165, 1.54) is 17.9 Å². The number of fused-ring (bicyclic) bond motifs is 1. The standard InChI is InChI=1S/C15H22FN2O3P/c1-4-20-22(19,21-5-2)11-14-13-7-6-12(16)10-15(13)18(3)9-8-17-14/h6-7,10-11,17H,4-5,8-9H2,1-3H3. The Morgan fingerprint density at radius 1 is 1.36 bits per heavy atom. The first kappa shape index (κ1) is 17.0. The van der Waals surface area contributed by atoms with E-state index in [0.29, 0.717) is 18.8 Å². The average molecular weight is 328 g/mol. The van der Waals surface area contributed by atoms with Gasteiger partial charge in [0.15, 0.2) is 0 Å². The second-order valence-corrected chi connectivity index (χ2v) is 6.78. The Labute approximate surface area is 130 Å². The number of likely N-dealkylation sites (N-methyl/N-ethyl adjacent to an activating group) is 1. The molecule has 122 valence electrons. The molecule has 1 aromatic rings. The van der Waals surface area contributed by atoms with Crippen LogP contribution in [0.5, 0.6) is 0 Å². The number of halogens is 1. The molecule has 22 heavy (non-hydrogen) atoms. The van der Waals surface area contributed by atoms with Crippen molar-refractivity contribution in [2.45, 2.75) is 13.8 Å². The predicted molar refractivity (Wildman–Crippen MR) is 86.5 cm³/mol. The Hall–Kier alpha value is -1.36. The van der Waals surface area contributed by atoms with Gasteiger partial charge in [-0.15, -0.1) is 0 Å². The fourth-order valence-corrected chi connectivity index (χ4v) is 3.86. The Balaban J connectivity index is 2.48. The molecule has 0 spiro atoms. The average Bonchev–Trinajstić information content (AvgIpc) is 2.59. The molecule has 1 heterocycles. The topological polar surface area (TPSA) is 50.8 Å². The van der Waals surface area contributed by atoms with Crippen molar-refractivity contribution in [3.63, 3.8) is 0 Å². The maximum absolute atomic E-state index is 13.5. The minimum Gasteiger partial charge on any atom is -0.382 e. The van der Waals surface area contributed by atoms with Gasteiger partial charge in [0.2, 0.25) is 0 Å². The Morgan fingerprint density at radius 3 is 2.68 bits per heavy atom. The van der Waals surface area contributed by atoms with E-state index in [1.807, 2.05) is 11.9 Å². The number of nitrogens with one attached hydrogen (secondary N) is 1. The fourth-order valence-electron chi connectivity index (χ4n) is 2.37. The molecule has 1 aromatic carbocycles. The van der Waals surface area contributed by atoms with Crippen LogP contribution in [-0.4, -0.2) is 33.4 Å². The van der Waals surface area contributed by atoms with Gasteiger partial charge < -0.3 is 19.3 Å². The highest BCUT2D eigenvalue weighted by atomic mass is 31.2. The van der Waals surface area contributed by atoms with Crippen LogP contribution in [0, 0.1) is 5.82 Å². The molecule has 0 bridgehead atoms. The fraction of sp³-hybridized carbons (Fsp3) is 0.467. The van der Waals surface area contributed by atoms with Gasteiger partial charge in [0.05, 0.1) is 24.7 Å². The molecule has 0 atom stereocenters. The zero-order valence-electron chi connectivity index (χ0n) is 13.1. The van der Waals surface area contributed by atoms with Gasteiger partial charge in [-0.1, -0.05) is 0 Å². The van der Waals surface area contributed by atoms with Crippen LogP contribution in [0.3, 0.4) is 0 Å². The maximum Gasteiger partial charge on any atom is 0.356 e. The van der Waals surface area contributed by atoms with Crippen LogP contribution in [0.4, 0.5) is 10.1 Å². The van der Waals surface area contributed by atoms with Crippen molar-refractivity contribution in [1.82, 2.24) is 5.32 Å². The number of hydrogen-bond acceptors (Lipinski definition) is 5. The first-order chi connectivity index (χ1) is 10.5. The SMILES string of the molecule is CCOP(=O)(C=C1NCCN(C)c2cc(F)ccc21)OCC. The Bertz CT molecular complexity index is 596. The molecule has 1 aliphatic heterocycles. The largest absolute Gasteiger partial charge is 0.382 e. The second-order valence-electron chi connectivity index (χ2n) is 4.93. The van der Waals surface area contributed by atoms with Crippen LogP contribution in [0.15, 0.2) is 24.0 Å². The molecule has 1 N–H and O–H groups in total. The first-order valence-electron chi connectivity index (χ1n) is 7.35. The van der Waals surface area contributed by atoms with Crippen LogP contribution < -0.4 is 10.2 Å². The lowest BCUT2D eigenvalue weighted by Crippen LogP contribution is -2.24. The molecule has 0 aromatic heterocycles. The molecule has 0 radical (unpaired) electrons. The van der Waals surface area contributed by atoms with Crippen molar-refractivity contribution in [3.8, 4) is 0 Å². The third kappa shape index (κ3) is 3.88. The van der Waals surface area contributed by atoms with E-state index < -0.39 is 7.60 Å². The van der Waals surface area contributed by atoms with E-state index >= 15 is 0 Å². The summed E-state index contributed by atoms with van der Waals surface area (Å²) in [6.07, 6.45) is 0. The van der Waals surface area contributed by atoms with Gasteiger partial charge >= 0.3 is 7.60 Å². The molecule has 5 nitrogen and oxygen atoms in total. The van der Waals surface area contributed by atoms with Crippen molar-refractivity contribution >= 4 is 19.0 Å². The van der Waals surface area contributed by atoms with E-state index in [9.17, 15) is 8.96 Å². The van der Waals surface area contributed by atoms with Gasteiger partial charge in [-0.25, -0.2) is 4.39 Å². The summed E-state index contributed by atoms with van der Waals surface area (Å²) in [6.45, 7) is 5.47. The minimum absolute atomic E-state index is 0.289. The molecule has 0 fully saturated rings. The van der Waals surface area contributed by atoms with Crippen molar-refractivity contribution < 1.29 is 18.0 Å². The Morgan fingerprint density at radius 2 is 2.05 bits per heavy atom. The molecular formula is C15H22FN2O3P. The molecule has 7 heteroatoms.